The summed E-state index contributed by atoms with van der Waals surface area (Å²) in [6, 6.07) is 0.249. The van der Waals surface area contributed by atoms with Gasteiger partial charge in [-0.1, -0.05) is 13.8 Å². The number of aromatic nitrogens is 3. The minimum absolute atomic E-state index is 0.249. The van der Waals surface area contributed by atoms with E-state index in [2.05, 4.69) is 37.8 Å². The van der Waals surface area contributed by atoms with Crippen LogP contribution in [0.25, 0.3) is 0 Å². The quantitative estimate of drug-likeness (QED) is 0.907. The van der Waals surface area contributed by atoms with Gasteiger partial charge in [-0.05, 0) is 44.9 Å². The van der Waals surface area contributed by atoms with E-state index in [0.29, 0.717) is 11.8 Å². The molecule has 5 nitrogen and oxygen atoms in total. The van der Waals surface area contributed by atoms with Crippen molar-refractivity contribution in [1.82, 2.24) is 14.8 Å². The minimum Gasteiger partial charge on any atom is -0.390 e. The van der Waals surface area contributed by atoms with E-state index < -0.39 is 11.7 Å². The first-order valence-corrected chi connectivity index (χ1v) is 7.91. The molecule has 0 aliphatic heterocycles. The van der Waals surface area contributed by atoms with Crippen LogP contribution in [0.15, 0.2) is 6.33 Å². The Morgan fingerprint density at radius 3 is 2.43 bits per heavy atom. The van der Waals surface area contributed by atoms with Gasteiger partial charge in [-0.15, -0.1) is 0 Å². The van der Waals surface area contributed by atoms with Gasteiger partial charge in [0.1, 0.15) is 12.2 Å². The fourth-order valence-corrected chi connectivity index (χ4v) is 3.23. The molecule has 1 atom stereocenters. The van der Waals surface area contributed by atoms with Crippen LogP contribution in [0.3, 0.4) is 0 Å². The third kappa shape index (κ3) is 3.46. The molecule has 1 aliphatic rings. The number of nitrogens with zero attached hydrogens (tertiary/aromatic N) is 3. The lowest BCUT2D eigenvalue weighted by Gasteiger charge is -2.45. The third-order valence-electron chi connectivity index (χ3n) is 4.98. The van der Waals surface area contributed by atoms with Crippen molar-refractivity contribution in [3.8, 4) is 0 Å². The second-order valence-corrected chi connectivity index (χ2v) is 7.37. The third-order valence-corrected chi connectivity index (χ3v) is 4.98. The lowest BCUT2D eigenvalue weighted by Crippen LogP contribution is -2.49. The molecule has 1 aliphatic carbocycles. The maximum atomic E-state index is 10.8. The van der Waals surface area contributed by atoms with Crippen molar-refractivity contribution in [3.05, 3.63) is 12.2 Å². The fraction of sp³-hybridized carbons (Fsp3) is 0.875. The van der Waals surface area contributed by atoms with Crippen LogP contribution in [-0.4, -0.2) is 38.7 Å². The molecule has 0 radical (unpaired) electrons. The summed E-state index contributed by atoms with van der Waals surface area (Å²) in [5, 5.41) is 15.0. The van der Waals surface area contributed by atoms with Crippen molar-refractivity contribution in [2.24, 2.45) is 5.41 Å². The lowest BCUT2D eigenvalue weighted by molar-refractivity contribution is -0.136. The number of rotatable bonds is 5. The van der Waals surface area contributed by atoms with Crippen LogP contribution in [0.1, 0.15) is 65.2 Å². The summed E-state index contributed by atoms with van der Waals surface area (Å²) in [5.41, 5.74) is -0.0943. The van der Waals surface area contributed by atoms with E-state index in [9.17, 15) is 5.11 Å². The summed E-state index contributed by atoms with van der Waals surface area (Å²) in [6.45, 7) is 8.71. The second kappa shape index (κ2) is 6.05. The molecule has 0 amide bonds. The highest BCUT2D eigenvalue weighted by Crippen LogP contribution is 2.43. The second-order valence-electron chi connectivity index (χ2n) is 7.37. The number of aliphatic hydroxyl groups excluding tert-OH is 1. The molecule has 0 spiro atoms. The summed E-state index contributed by atoms with van der Waals surface area (Å²) in [5.74, 6) is 0.832. The van der Waals surface area contributed by atoms with Crippen LogP contribution in [0.2, 0.25) is 0 Å². The van der Waals surface area contributed by atoms with Gasteiger partial charge in [0, 0.05) is 19.6 Å². The SMILES string of the molecule is COC1(C(O)Cc2ncnn2C(C)C)CCC(C)(C)CC1. The first-order valence-electron chi connectivity index (χ1n) is 7.91. The van der Waals surface area contributed by atoms with Crippen LogP contribution >= 0.6 is 0 Å². The zero-order valence-corrected chi connectivity index (χ0v) is 14.0. The molecule has 5 heteroatoms. The topological polar surface area (TPSA) is 60.2 Å². The van der Waals surface area contributed by atoms with Crippen LogP contribution in [0.4, 0.5) is 0 Å². The predicted molar refractivity (Wildman–Crippen MR) is 82.1 cm³/mol. The summed E-state index contributed by atoms with van der Waals surface area (Å²) < 4.78 is 7.65. The van der Waals surface area contributed by atoms with Crippen molar-refractivity contribution < 1.29 is 9.84 Å². The van der Waals surface area contributed by atoms with Gasteiger partial charge < -0.3 is 9.84 Å². The van der Waals surface area contributed by atoms with E-state index in [1.165, 1.54) is 0 Å². The number of hydrogen-bond acceptors (Lipinski definition) is 4. The highest BCUT2D eigenvalue weighted by atomic mass is 16.5. The zero-order chi connectivity index (χ0) is 15.7. The van der Waals surface area contributed by atoms with E-state index in [4.69, 9.17) is 4.74 Å². The molecule has 1 aromatic heterocycles. The summed E-state index contributed by atoms with van der Waals surface area (Å²) in [7, 11) is 1.72. The Hall–Kier alpha value is -0.940. The molecule has 1 aromatic rings. The molecule has 21 heavy (non-hydrogen) atoms. The molecular formula is C16H29N3O2. The van der Waals surface area contributed by atoms with Gasteiger partial charge in [0.2, 0.25) is 0 Å². The Morgan fingerprint density at radius 2 is 1.90 bits per heavy atom. The Kier molecular flexibility index (Phi) is 4.73. The maximum absolute atomic E-state index is 10.8. The van der Waals surface area contributed by atoms with Gasteiger partial charge in [0.05, 0.1) is 11.7 Å². The van der Waals surface area contributed by atoms with Crippen LogP contribution in [0.5, 0.6) is 0 Å². The normalized spacial score (nSPS) is 22.4. The largest absolute Gasteiger partial charge is 0.390 e. The van der Waals surface area contributed by atoms with E-state index in [0.717, 1.165) is 31.5 Å². The Bertz CT molecular complexity index is 458. The highest BCUT2D eigenvalue weighted by molar-refractivity contribution is 5.00. The van der Waals surface area contributed by atoms with Crippen LogP contribution < -0.4 is 0 Å². The van der Waals surface area contributed by atoms with E-state index in [1.807, 2.05) is 4.68 Å². The summed E-state index contributed by atoms with van der Waals surface area (Å²) >= 11 is 0. The molecular weight excluding hydrogens is 266 g/mol. The number of methoxy groups -OCH3 is 1. The van der Waals surface area contributed by atoms with Crippen molar-refractivity contribution in [2.75, 3.05) is 7.11 Å². The standard InChI is InChI=1S/C16H29N3O2/c1-12(2)19-14(17-11-18-19)10-13(20)16(21-5)8-6-15(3,4)7-9-16/h11-13,20H,6-10H2,1-5H3. The molecule has 120 valence electrons. The van der Waals surface area contributed by atoms with Crippen molar-refractivity contribution in [2.45, 2.75) is 77.5 Å². The van der Waals surface area contributed by atoms with Gasteiger partial charge >= 0.3 is 0 Å². The van der Waals surface area contributed by atoms with Crippen molar-refractivity contribution in [1.29, 1.82) is 0 Å². The zero-order valence-electron chi connectivity index (χ0n) is 14.0. The number of hydrogen-bond donors (Lipinski definition) is 1. The average Bonchev–Trinajstić information content (AvgIpc) is 2.87. The molecule has 0 aromatic carbocycles. The maximum Gasteiger partial charge on any atom is 0.138 e. The molecule has 0 bridgehead atoms. The number of aliphatic hydroxyl groups is 1. The lowest BCUT2D eigenvalue weighted by atomic mass is 9.68. The van der Waals surface area contributed by atoms with Crippen molar-refractivity contribution >= 4 is 0 Å². The average molecular weight is 295 g/mol. The molecule has 1 N–H and O–H groups in total. The monoisotopic (exact) mass is 295 g/mol. The summed E-state index contributed by atoms with van der Waals surface area (Å²) in [4.78, 5) is 4.30. The smallest absolute Gasteiger partial charge is 0.138 e. The van der Waals surface area contributed by atoms with Gasteiger partial charge in [-0.3, -0.25) is 0 Å². The van der Waals surface area contributed by atoms with E-state index >= 15 is 0 Å². The van der Waals surface area contributed by atoms with Gasteiger partial charge in [-0.2, -0.15) is 5.10 Å². The number of ether oxygens (including phenoxy) is 1. The first-order chi connectivity index (χ1) is 9.80. The van der Waals surface area contributed by atoms with Gasteiger partial charge in [0.25, 0.3) is 0 Å². The first kappa shape index (κ1) is 16.4. The van der Waals surface area contributed by atoms with E-state index in [1.54, 1.807) is 13.4 Å². The fourth-order valence-electron chi connectivity index (χ4n) is 3.23. The van der Waals surface area contributed by atoms with E-state index in [-0.39, 0.29) is 6.04 Å². The molecule has 1 saturated carbocycles. The Labute approximate surface area is 127 Å². The van der Waals surface area contributed by atoms with Crippen molar-refractivity contribution in [3.63, 3.8) is 0 Å². The van der Waals surface area contributed by atoms with Crippen LogP contribution in [-0.2, 0) is 11.2 Å². The Morgan fingerprint density at radius 1 is 1.29 bits per heavy atom. The Balaban J connectivity index is 2.10. The molecule has 0 saturated heterocycles. The highest BCUT2D eigenvalue weighted by Gasteiger charge is 2.44. The molecule has 1 unspecified atom stereocenters. The predicted octanol–water partition coefficient (Wildman–Crippen LogP) is 2.75. The molecule has 1 heterocycles. The summed E-state index contributed by atoms with van der Waals surface area (Å²) in [6.07, 6.45) is 5.46. The van der Waals surface area contributed by atoms with Crippen LogP contribution in [0, 0.1) is 5.41 Å². The molecule has 1 fully saturated rings. The van der Waals surface area contributed by atoms with Gasteiger partial charge in [-0.25, -0.2) is 9.67 Å². The minimum atomic E-state index is -0.541. The van der Waals surface area contributed by atoms with Gasteiger partial charge in [0.15, 0.2) is 0 Å². The molecule has 2 rings (SSSR count).